The van der Waals surface area contributed by atoms with Crippen molar-refractivity contribution in [3.05, 3.63) is 41.2 Å². The van der Waals surface area contributed by atoms with Gasteiger partial charge in [-0.25, -0.2) is 0 Å². The maximum atomic E-state index is 13.7. The van der Waals surface area contributed by atoms with Crippen LogP contribution in [0.1, 0.15) is 29.8 Å². The number of nitrogens with zero attached hydrogens (tertiary/aromatic N) is 1. The Kier molecular flexibility index (Phi) is 7.19. The van der Waals surface area contributed by atoms with Gasteiger partial charge in [-0.2, -0.15) is 17.9 Å². The van der Waals surface area contributed by atoms with Gasteiger partial charge in [0.15, 0.2) is 5.75 Å². The highest BCUT2D eigenvalue weighted by Gasteiger charge is 2.39. The average molecular weight is 431 g/mol. The SMILES string of the molecule is Cc1ccc(C)n1Oc1cc(OCCC(=O)O)c(C(F)(F)F)c(OCCC(=O)O)c1. The lowest BCUT2D eigenvalue weighted by Crippen LogP contribution is -2.16. The molecule has 11 heteroatoms. The number of hydrogen-bond donors (Lipinski definition) is 2. The van der Waals surface area contributed by atoms with Crippen molar-refractivity contribution in [2.45, 2.75) is 32.9 Å². The van der Waals surface area contributed by atoms with E-state index in [1.807, 2.05) is 0 Å². The lowest BCUT2D eigenvalue weighted by molar-refractivity contribution is -0.140. The lowest BCUT2D eigenvalue weighted by atomic mass is 10.1. The van der Waals surface area contributed by atoms with Crippen molar-refractivity contribution in [1.82, 2.24) is 4.73 Å². The monoisotopic (exact) mass is 431 g/mol. The second-order valence-corrected chi connectivity index (χ2v) is 6.28. The van der Waals surface area contributed by atoms with Gasteiger partial charge in [0, 0.05) is 12.1 Å². The summed E-state index contributed by atoms with van der Waals surface area (Å²) >= 11 is 0. The van der Waals surface area contributed by atoms with E-state index >= 15 is 0 Å². The number of aromatic nitrogens is 1. The minimum absolute atomic E-state index is 0.0685. The first-order valence-corrected chi connectivity index (χ1v) is 8.76. The van der Waals surface area contributed by atoms with E-state index in [2.05, 4.69) is 0 Å². The molecule has 0 saturated carbocycles. The van der Waals surface area contributed by atoms with Gasteiger partial charge in [0.2, 0.25) is 0 Å². The summed E-state index contributed by atoms with van der Waals surface area (Å²) in [5, 5.41) is 17.4. The minimum atomic E-state index is -4.91. The average Bonchev–Trinajstić information content (AvgIpc) is 2.92. The molecule has 8 nitrogen and oxygen atoms in total. The molecule has 0 aliphatic carbocycles. The Morgan fingerprint density at radius 3 is 1.73 bits per heavy atom. The van der Waals surface area contributed by atoms with E-state index < -0.39 is 61.2 Å². The first-order chi connectivity index (χ1) is 14.0. The van der Waals surface area contributed by atoms with Gasteiger partial charge >= 0.3 is 18.1 Å². The Balaban J connectivity index is 2.48. The third kappa shape index (κ3) is 6.06. The van der Waals surface area contributed by atoms with Crippen molar-refractivity contribution in [2.75, 3.05) is 13.2 Å². The number of alkyl halides is 3. The number of halogens is 3. The molecule has 0 fully saturated rings. The first kappa shape index (κ1) is 22.9. The van der Waals surface area contributed by atoms with Gasteiger partial charge in [0.1, 0.15) is 17.1 Å². The van der Waals surface area contributed by atoms with Crippen LogP contribution in [0.2, 0.25) is 0 Å². The van der Waals surface area contributed by atoms with Gasteiger partial charge < -0.3 is 24.5 Å². The molecule has 2 N–H and O–H groups in total. The highest BCUT2D eigenvalue weighted by Crippen LogP contribution is 2.45. The quantitative estimate of drug-likeness (QED) is 0.591. The summed E-state index contributed by atoms with van der Waals surface area (Å²) in [5.41, 5.74) is 0.0646. The largest absolute Gasteiger partial charge is 0.492 e. The zero-order valence-electron chi connectivity index (χ0n) is 16.2. The predicted octanol–water partition coefficient (Wildman–Crippen LogP) is 3.67. The standard InChI is InChI=1S/C19H20F3NO7/c1-11-3-4-12(2)23(11)30-13-9-14(28-7-5-16(24)25)18(19(20,21)22)15(10-13)29-8-6-17(26)27/h3-4,9-10H,5-8H2,1-2H3,(H,24,25)(H,26,27). The van der Waals surface area contributed by atoms with Crippen LogP contribution >= 0.6 is 0 Å². The molecule has 0 unspecified atom stereocenters. The number of aryl methyl sites for hydroxylation is 2. The molecule has 164 valence electrons. The fourth-order valence-corrected chi connectivity index (χ4v) is 2.53. The zero-order chi connectivity index (χ0) is 22.5. The summed E-state index contributed by atoms with van der Waals surface area (Å²) in [4.78, 5) is 27.0. The van der Waals surface area contributed by atoms with Gasteiger partial charge in [-0.3, -0.25) is 9.59 Å². The summed E-state index contributed by atoms with van der Waals surface area (Å²) in [6, 6.07) is 5.45. The molecule has 0 spiro atoms. The Morgan fingerprint density at radius 1 is 0.933 bits per heavy atom. The molecule has 0 atom stereocenters. The molecular formula is C19H20F3NO7. The fourth-order valence-electron chi connectivity index (χ4n) is 2.53. The number of benzene rings is 1. The van der Waals surface area contributed by atoms with Crippen molar-refractivity contribution in [3.8, 4) is 17.2 Å². The molecule has 2 rings (SSSR count). The van der Waals surface area contributed by atoms with Crippen LogP contribution in [0.25, 0.3) is 0 Å². The molecule has 1 heterocycles. The predicted molar refractivity (Wildman–Crippen MR) is 96.9 cm³/mol. The Bertz CT molecular complexity index is 861. The fraction of sp³-hybridized carbons (Fsp3) is 0.368. The van der Waals surface area contributed by atoms with Gasteiger partial charge in [0.25, 0.3) is 0 Å². The zero-order valence-corrected chi connectivity index (χ0v) is 16.2. The number of ether oxygens (including phenoxy) is 2. The second-order valence-electron chi connectivity index (χ2n) is 6.28. The number of carbonyl (C=O) groups is 2. The second kappa shape index (κ2) is 9.42. The summed E-state index contributed by atoms with van der Waals surface area (Å²) in [6.45, 7) is 2.42. The van der Waals surface area contributed by atoms with E-state index in [9.17, 15) is 22.8 Å². The number of carboxylic acid groups (broad SMARTS) is 2. The summed E-state index contributed by atoms with van der Waals surface area (Å²) in [6.07, 6.45) is -5.95. The number of carboxylic acids is 2. The Labute approximate surface area is 169 Å². The van der Waals surface area contributed by atoms with E-state index in [1.165, 1.54) is 4.73 Å². The van der Waals surface area contributed by atoms with Crippen molar-refractivity contribution in [2.24, 2.45) is 0 Å². The normalized spacial score (nSPS) is 11.2. The number of aliphatic carboxylic acids is 2. The summed E-state index contributed by atoms with van der Waals surface area (Å²) in [5.74, 6) is -3.93. The number of rotatable bonds is 10. The first-order valence-electron chi connectivity index (χ1n) is 8.76. The van der Waals surface area contributed by atoms with Crippen molar-refractivity contribution in [1.29, 1.82) is 0 Å². The third-order valence-electron chi connectivity index (χ3n) is 3.87. The highest BCUT2D eigenvalue weighted by atomic mass is 19.4. The minimum Gasteiger partial charge on any atom is -0.492 e. The molecule has 30 heavy (non-hydrogen) atoms. The molecular weight excluding hydrogens is 411 g/mol. The van der Waals surface area contributed by atoms with E-state index in [0.717, 1.165) is 12.1 Å². The topological polar surface area (TPSA) is 107 Å². The van der Waals surface area contributed by atoms with E-state index in [-0.39, 0.29) is 5.75 Å². The molecule has 1 aromatic carbocycles. The summed E-state index contributed by atoms with van der Waals surface area (Å²) in [7, 11) is 0. The number of hydrogen-bond acceptors (Lipinski definition) is 5. The molecule has 0 radical (unpaired) electrons. The van der Waals surface area contributed by atoms with Crippen LogP contribution in [0.5, 0.6) is 17.2 Å². The van der Waals surface area contributed by atoms with Crippen LogP contribution in [0.15, 0.2) is 24.3 Å². The van der Waals surface area contributed by atoms with Gasteiger partial charge in [-0.1, -0.05) is 0 Å². The molecule has 0 bridgehead atoms. The van der Waals surface area contributed by atoms with Crippen molar-refractivity contribution < 1.29 is 47.3 Å². The molecule has 2 aromatic rings. The summed E-state index contributed by atoms with van der Waals surface area (Å²) < 4.78 is 52.6. The van der Waals surface area contributed by atoms with Crippen LogP contribution in [-0.2, 0) is 15.8 Å². The van der Waals surface area contributed by atoms with Crippen molar-refractivity contribution >= 4 is 11.9 Å². The highest BCUT2D eigenvalue weighted by molar-refractivity contribution is 5.67. The van der Waals surface area contributed by atoms with Crippen LogP contribution < -0.4 is 14.3 Å². The van der Waals surface area contributed by atoms with Crippen LogP contribution in [0, 0.1) is 13.8 Å². The molecule has 0 saturated heterocycles. The van der Waals surface area contributed by atoms with Gasteiger partial charge in [-0.05, 0) is 26.0 Å². The molecule has 0 aliphatic rings. The maximum absolute atomic E-state index is 13.7. The van der Waals surface area contributed by atoms with Gasteiger partial charge in [0.05, 0.1) is 37.4 Å². The van der Waals surface area contributed by atoms with Crippen LogP contribution in [-0.4, -0.2) is 40.1 Å². The van der Waals surface area contributed by atoms with E-state index in [0.29, 0.717) is 11.4 Å². The van der Waals surface area contributed by atoms with E-state index in [4.69, 9.17) is 24.5 Å². The Morgan fingerprint density at radius 2 is 1.37 bits per heavy atom. The van der Waals surface area contributed by atoms with E-state index in [1.54, 1.807) is 26.0 Å². The van der Waals surface area contributed by atoms with Crippen LogP contribution in [0.3, 0.4) is 0 Å². The van der Waals surface area contributed by atoms with Gasteiger partial charge in [-0.15, -0.1) is 0 Å². The van der Waals surface area contributed by atoms with Crippen molar-refractivity contribution in [3.63, 3.8) is 0 Å². The smallest absolute Gasteiger partial charge is 0.423 e. The third-order valence-corrected chi connectivity index (χ3v) is 3.87. The maximum Gasteiger partial charge on any atom is 0.423 e. The lowest BCUT2D eigenvalue weighted by Gasteiger charge is -2.20. The molecule has 0 aliphatic heterocycles. The molecule has 1 aromatic heterocycles. The molecule has 0 amide bonds. The van der Waals surface area contributed by atoms with Crippen LogP contribution in [0.4, 0.5) is 13.2 Å². The Hall–Kier alpha value is -3.37.